The van der Waals surface area contributed by atoms with E-state index in [0.29, 0.717) is 6.04 Å². The Bertz CT molecular complexity index is 1860. The first-order valence-corrected chi connectivity index (χ1v) is 16.3. The van der Waals surface area contributed by atoms with Crippen LogP contribution in [0.1, 0.15) is 101 Å². The van der Waals surface area contributed by atoms with Gasteiger partial charge in [0.25, 0.3) is 0 Å². The quantitative estimate of drug-likeness (QED) is 0.187. The normalized spacial score (nSPS) is 18.3. The van der Waals surface area contributed by atoms with Crippen molar-refractivity contribution in [2.75, 3.05) is 5.01 Å². The van der Waals surface area contributed by atoms with Gasteiger partial charge in [-0.25, -0.2) is 11.5 Å². The SMILES string of the molecule is CC(C)(C)c1c[c-]n(-c2cccc(C3(c4cccc(N5[CH-]CC(C(C)(C)C)N5)n4)c4ccccc4C(C)(C)c4ccccc43)n2)n1.[Pt+2]. The fourth-order valence-electron chi connectivity index (χ4n) is 7.16. The number of rotatable bonds is 4. The van der Waals surface area contributed by atoms with Crippen molar-refractivity contribution in [1.82, 2.24) is 25.2 Å². The Morgan fingerprint density at radius 3 is 1.79 bits per heavy atom. The van der Waals surface area contributed by atoms with Crippen LogP contribution in [0.5, 0.6) is 0 Å². The molecule has 0 bridgehead atoms. The molecule has 0 saturated carbocycles. The average Bonchev–Trinajstić information content (AvgIpc) is 3.74. The fourth-order valence-corrected chi connectivity index (χ4v) is 7.16. The first-order valence-electron chi connectivity index (χ1n) is 16.3. The maximum atomic E-state index is 5.49. The van der Waals surface area contributed by atoms with Crippen LogP contribution in [-0.4, -0.2) is 25.8 Å². The van der Waals surface area contributed by atoms with Crippen molar-refractivity contribution in [3.8, 4) is 5.82 Å². The standard InChI is InChI=1S/C40H44N6.Pt/c1-37(2,3)31-23-25-45(43-31)35-21-13-19-33(41-35)40(34-20-14-22-36(42-34)46-26-24-32(44-46)38(4,5)6)29-17-11-9-15-27(29)39(7,8)28-16-10-12-18-30(28)40;/h9-23,26,32,44H,24H2,1-8H3;/q-2;+2. The van der Waals surface area contributed by atoms with Crippen molar-refractivity contribution in [2.45, 2.75) is 84.1 Å². The molecule has 47 heavy (non-hydrogen) atoms. The minimum absolute atomic E-state index is 0. The van der Waals surface area contributed by atoms with Gasteiger partial charge in [0.1, 0.15) is 11.2 Å². The van der Waals surface area contributed by atoms with Crippen molar-refractivity contribution in [1.29, 1.82) is 0 Å². The number of hydrazine groups is 1. The summed E-state index contributed by atoms with van der Waals surface area (Å²) in [6, 6.07) is 32.6. The molecule has 1 N–H and O–H groups in total. The maximum absolute atomic E-state index is 5.49. The van der Waals surface area contributed by atoms with Gasteiger partial charge in [-0.1, -0.05) is 128 Å². The van der Waals surface area contributed by atoms with Crippen LogP contribution in [0.2, 0.25) is 0 Å². The van der Waals surface area contributed by atoms with E-state index in [4.69, 9.17) is 15.1 Å². The summed E-state index contributed by atoms with van der Waals surface area (Å²) in [4.78, 5) is 10.9. The minimum atomic E-state index is -0.780. The van der Waals surface area contributed by atoms with Gasteiger partial charge in [0.15, 0.2) is 0 Å². The van der Waals surface area contributed by atoms with Gasteiger partial charge >= 0.3 is 21.1 Å². The van der Waals surface area contributed by atoms with Crippen LogP contribution in [0, 0.1) is 18.2 Å². The number of fused-ring (bicyclic) bond motifs is 2. The summed E-state index contributed by atoms with van der Waals surface area (Å²) in [5, 5.41) is 7.01. The van der Waals surface area contributed by atoms with E-state index in [1.54, 1.807) is 4.68 Å². The van der Waals surface area contributed by atoms with E-state index in [0.717, 1.165) is 35.1 Å². The molecule has 244 valence electrons. The molecule has 7 heteroatoms. The largest absolute Gasteiger partial charge is 2.00 e. The van der Waals surface area contributed by atoms with Crippen LogP contribution < -0.4 is 10.4 Å². The Morgan fingerprint density at radius 1 is 0.745 bits per heavy atom. The molecule has 0 radical (unpaired) electrons. The summed E-state index contributed by atoms with van der Waals surface area (Å²) in [5.41, 5.74) is 10.5. The Balaban J connectivity index is 0.00000386. The molecule has 2 aromatic carbocycles. The number of hydrogen-bond acceptors (Lipinski definition) is 5. The monoisotopic (exact) mass is 803 g/mol. The predicted octanol–water partition coefficient (Wildman–Crippen LogP) is 8.07. The van der Waals surface area contributed by atoms with Gasteiger partial charge < -0.3 is 9.69 Å². The van der Waals surface area contributed by atoms with Crippen LogP contribution in [-0.2, 0) is 37.3 Å². The molecule has 5 aromatic rings. The number of hydrogen-bond donors (Lipinski definition) is 1. The molecule has 6 nitrogen and oxygen atoms in total. The van der Waals surface area contributed by atoms with E-state index >= 15 is 0 Å². The predicted molar refractivity (Wildman–Crippen MR) is 185 cm³/mol. The first kappa shape index (κ1) is 33.3. The summed E-state index contributed by atoms with van der Waals surface area (Å²) in [5.74, 6) is 1.60. The van der Waals surface area contributed by atoms with Crippen molar-refractivity contribution < 1.29 is 21.1 Å². The number of aromatic nitrogens is 4. The van der Waals surface area contributed by atoms with Crippen LogP contribution in [0.15, 0.2) is 91.0 Å². The third-order valence-electron chi connectivity index (χ3n) is 9.87. The minimum Gasteiger partial charge on any atom is -0.444 e. The number of benzene rings is 2. The zero-order valence-electron chi connectivity index (χ0n) is 28.6. The third kappa shape index (κ3) is 5.48. The van der Waals surface area contributed by atoms with Crippen molar-refractivity contribution >= 4 is 5.82 Å². The molecule has 1 aliphatic heterocycles. The van der Waals surface area contributed by atoms with Crippen molar-refractivity contribution in [3.63, 3.8) is 0 Å². The molecule has 1 atom stereocenters. The zero-order chi connectivity index (χ0) is 32.5. The molecule has 3 aromatic heterocycles. The molecule has 1 saturated heterocycles. The second kappa shape index (κ2) is 11.8. The summed E-state index contributed by atoms with van der Waals surface area (Å²) in [6.07, 6.45) is 4.28. The van der Waals surface area contributed by atoms with Crippen LogP contribution in [0.25, 0.3) is 5.82 Å². The third-order valence-corrected chi connectivity index (χ3v) is 9.87. The van der Waals surface area contributed by atoms with E-state index in [-0.39, 0.29) is 37.3 Å². The number of pyridine rings is 2. The summed E-state index contributed by atoms with van der Waals surface area (Å²) >= 11 is 0. The van der Waals surface area contributed by atoms with Gasteiger partial charge in [0.2, 0.25) is 0 Å². The summed E-state index contributed by atoms with van der Waals surface area (Å²) in [6.45, 7) is 20.2. The Kier molecular flexibility index (Phi) is 8.38. The molecule has 1 fully saturated rings. The van der Waals surface area contributed by atoms with Gasteiger partial charge in [0, 0.05) is 17.2 Å². The molecular weight excluding hydrogens is 760 g/mol. The second-order valence-corrected chi connectivity index (χ2v) is 15.4. The molecule has 1 unspecified atom stereocenters. The zero-order valence-corrected chi connectivity index (χ0v) is 30.8. The topological polar surface area (TPSA) is 58.9 Å². The number of anilines is 1. The molecule has 1 aliphatic carbocycles. The smallest absolute Gasteiger partial charge is 0.444 e. The average molecular weight is 804 g/mol. The van der Waals surface area contributed by atoms with E-state index in [9.17, 15) is 0 Å². The molecule has 4 heterocycles. The Morgan fingerprint density at radius 2 is 1.28 bits per heavy atom. The Labute approximate surface area is 294 Å². The second-order valence-electron chi connectivity index (χ2n) is 15.4. The van der Waals surface area contributed by atoms with Crippen molar-refractivity contribution in [3.05, 3.63) is 143 Å². The molecule has 0 spiro atoms. The fraction of sp³-hybridized carbons (Fsp3) is 0.350. The van der Waals surface area contributed by atoms with Gasteiger partial charge in [-0.3, -0.25) is 15.5 Å². The first-order chi connectivity index (χ1) is 21.8. The summed E-state index contributed by atoms with van der Waals surface area (Å²) in [7, 11) is 0. The molecular formula is C40H44N6Pt. The number of nitrogens with one attached hydrogen (secondary N) is 1. The molecule has 0 amide bonds. The summed E-state index contributed by atoms with van der Waals surface area (Å²) < 4.78 is 1.78. The van der Waals surface area contributed by atoms with E-state index in [2.05, 4.69) is 157 Å². The number of nitrogens with zero attached hydrogens (tertiary/aromatic N) is 5. The van der Waals surface area contributed by atoms with Gasteiger partial charge in [-0.15, -0.1) is 12.5 Å². The van der Waals surface area contributed by atoms with Gasteiger partial charge in [0.05, 0.1) is 11.5 Å². The van der Waals surface area contributed by atoms with Crippen LogP contribution in [0.4, 0.5) is 5.82 Å². The van der Waals surface area contributed by atoms with E-state index in [1.807, 2.05) is 12.1 Å². The van der Waals surface area contributed by atoms with E-state index in [1.165, 1.54) is 22.3 Å². The molecule has 7 rings (SSSR count). The Hall–Kier alpha value is -3.60. The van der Waals surface area contributed by atoms with Crippen molar-refractivity contribution in [2.24, 2.45) is 5.41 Å². The maximum Gasteiger partial charge on any atom is 2.00 e. The molecule has 2 aliphatic rings. The van der Waals surface area contributed by atoms with Crippen LogP contribution in [0.3, 0.4) is 0 Å². The van der Waals surface area contributed by atoms with E-state index < -0.39 is 5.41 Å². The van der Waals surface area contributed by atoms with Gasteiger partial charge in [-0.05, 0) is 57.0 Å². The van der Waals surface area contributed by atoms with Crippen LogP contribution >= 0.6 is 0 Å². The van der Waals surface area contributed by atoms with Gasteiger partial charge in [-0.2, -0.15) is 0 Å².